The number of carbonyl (C=O) groups is 1. The van der Waals surface area contributed by atoms with Crippen LogP contribution >= 0.6 is 0 Å². The van der Waals surface area contributed by atoms with E-state index in [2.05, 4.69) is 14.9 Å². The summed E-state index contributed by atoms with van der Waals surface area (Å²) in [5.74, 6) is 0.415. The topological polar surface area (TPSA) is 66.3 Å². The zero-order valence-electron chi connectivity index (χ0n) is 9.75. The first-order valence-corrected chi connectivity index (χ1v) is 5.92. The molecule has 5 heteroatoms. The fourth-order valence-electron chi connectivity index (χ4n) is 2.05. The quantitative estimate of drug-likeness (QED) is 0.763. The van der Waals surface area contributed by atoms with E-state index in [4.69, 9.17) is 5.11 Å². The van der Waals surface area contributed by atoms with Crippen molar-refractivity contribution in [2.45, 2.75) is 12.8 Å². The minimum Gasteiger partial charge on any atom is -0.396 e. The number of likely N-dealkylation sites (tertiary alicyclic amines) is 1. The van der Waals surface area contributed by atoms with E-state index in [1.54, 1.807) is 6.20 Å². The highest BCUT2D eigenvalue weighted by Crippen LogP contribution is 2.16. The molecule has 1 saturated heterocycles. The highest BCUT2D eigenvalue weighted by atomic mass is 16.3. The number of carbonyl (C=O) groups excluding carboxylic acids is 1. The average Bonchev–Trinajstić information content (AvgIpc) is 2.40. The lowest BCUT2D eigenvalue weighted by Crippen LogP contribution is -2.38. The van der Waals surface area contributed by atoms with Gasteiger partial charge in [-0.2, -0.15) is 0 Å². The van der Waals surface area contributed by atoms with Crippen LogP contribution in [0.5, 0.6) is 0 Å². The molecule has 2 rings (SSSR count). The van der Waals surface area contributed by atoms with Gasteiger partial charge in [0, 0.05) is 19.0 Å². The minimum absolute atomic E-state index is 0.0144. The lowest BCUT2D eigenvalue weighted by Gasteiger charge is -2.30. The van der Waals surface area contributed by atoms with Gasteiger partial charge in [0.2, 0.25) is 0 Å². The second kappa shape index (κ2) is 5.84. The lowest BCUT2D eigenvalue weighted by molar-refractivity contribution is 0.0859. The molecule has 0 aromatic carbocycles. The van der Waals surface area contributed by atoms with Crippen molar-refractivity contribution in [3.63, 3.8) is 0 Å². The van der Waals surface area contributed by atoms with E-state index >= 15 is 0 Å². The number of aliphatic hydroxyl groups excluding tert-OH is 1. The maximum absolute atomic E-state index is 11.9. The Balaban J connectivity index is 1.84. The molecule has 0 bridgehead atoms. The van der Waals surface area contributed by atoms with Crippen LogP contribution in [0.4, 0.5) is 0 Å². The molecule has 1 N–H and O–H groups in total. The van der Waals surface area contributed by atoms with Crippen LogP contribution in [-0.2, 0) is 0 Å². The molecule has 0 radical (unpaired) electrons. The third kappa shape index (κ3) is 3.31. The van der Waals surface area contributed by atoms with Crippen LogP contribution < -0.4 is 0 Å². The van der Waals surface area contributed by atoms with Crippen LogP contribution in [0, 0.1) is 5.92 Å². The van der Waals surface area contributed by atoms with Gasteiger partial charge in [0.15, 0.2) is 5.78 Å². The Morgan fingerprint density at radius 3 is 2.76 bits per heavy atom. The Bertz CT molecular complexity index is 361. The van der Waals surface area contributed by atoms with Gasteiger partial charge < -0.3 is 5.11 Å². The molecule has 0 saturated carbocycles. The fourth-order valence-corrected chi connectivity index (χ4v) is 2.05. The van der Waals surface area contributed by atoms with Gasteiger partial charge in [-0.1, -0.05) is 0 Å². The second-order valence-corrected chi connectivity index (χ2v) is 4.42. The van der Waals surface area contributed by atoms with Crippen molar-refractivity contribution in [2.24, 2.45) is 5.92 Å². The van der Waals surface area contributed by atoms with Crippen LogP contribution in [-0.4, -0.2) is 52.0 Å². The summed E-state index contributed by atoms with van der Waals surface area (Å²) in [7, 11) is 0. The highest BCUT2D eigenvalue weighted by molar-refractivity contribution is 5.95. The number of aliphatic hydroxyl groups is 1. The van der Waals surface area contributed by atoms with Crippen molar-refractivity contribution in [1.82, 2.24) is 14.9 Å². The molecule has 92 valence electrons. The summed E-state index contributed by atoms with van der Waals surface area (Å²) in [6.07, 6.45) is 6.52. The van der Waals surface area contributed by atoms with E-state index in [1.807, 2.05) is 0 Å². The number of Topliss-reactive ketones (excluding diaryl/α,β-unsaturated/α-hetero) is 1. The monoisotopic (exact) mass is 235 g/mol. The number of rotatable bonds is 4. The molecule has 5 nitrogen and oxygen atoms in total. The summed E-state index contributed by atoms with van der Waals surface area (Å²) >= 11 is 0. The third-order valence-corrected chi connectivity index (χ3v) is 3.18. The molecular formula is C12H17N3O2. The highest BCUT2D eigenvalue weighted by Gasteiger charge is 2.20. The van der Waals surface area contributed by atoms with Gasteiger partial charge in [0.05, 0.1) is 12.7 Å². The van der Waals surface area contributed by atoms with Crippen LogP contribution in [0.2, 0.25) is 0 Å². The van der Waals surface area contributed by atoms with E-state index in [0.29, 0.717) is 18.2 Å². The molecule has 1 aromatic heterocycles. The van der Waals surface area contributed by atoms with Crippen LogP contribution in [0.3, 0.4) is 0 Å². The first-order valence-electron chi connectivity index (χ1n) is 5.92. The normalized spacial score (nSPS) is 18.2. The minimum atomic E-state index is 0.0144. The van der Waals surface area contributed by atoms with Gasteiger partial charge in [-0.3, -0.25) is 14.7 Å². The average molecular weight is 235 g/mol. The molecule has 0 amide bonds. The Hall–Kier alpha value is -1.33. The van der Waals surface area contributed by atoms with Gasteiger partial charge in [-0.05, 0) is 31.8 Å². The summed E-state index contributed by atoms with van der Waals surface area (Å²) in [5, 5.41) is 9.03. The van der Waals surface area contributed by atoms with E-state index in [9.17, 15) is 4.79 Å². The van der Waals surface area contributed by atoms with Crippen molar-refractivity contribution in [2.75, 3.05) is 26.2 Å². The number of ketones is 1. The van der Waals surface area contributed by atoms with Gasteiger partial charge in [-0.25, -0.2) is 4.98 Å². The Morgan fingerprint density at radius 2 is 2.18 bits per heavy atom. The number of hydrogen-bond acceptors (Lipinski definition) is 5. The summed E-state index contributed by atoms with van der Waals surface area (Å²) in [6.45, 7) is 2.40. The summed E-state index contributed by atoms with van der Waals surface area (Å²) in [4.78, 5) is 21.9. The fraction of sp³-hybridized carbons (Fsp3) is 0.583. The Labute approximate surface area is 100 Å². The number of aromatic nitrogens is 2. The maximum Gasteiger partial charge on any atom is 0.196 e. The van der Waals surface area contributed by atoms with Gasteiger partial charge in [0.1, 0.15) is 5.69 Å². The first kappa shape index (κ1) is 12.1. The molecule has 2 heterocycles. The van der Waals surface area contributed by atoms with Gasteiger partial charge in [0.25, 0.3) is 0 Å². The smallest absolute Gasteiger partial charge is 0.196 e. The predicted octanol–water partition coefficient (Wildman–Crippen LogP) is 0.364. The molecule has 17 heavy (non-hydrogen) atoms. The Kier molecular flexibility index (Phi) is 4.17. The molecular weight excluding hydrogens is 218 g/mol. The molecule has 1 fully saturated rings. The largest absolute Gasteiger partial charge is 0.396 e. The van der Waals surface area contributed by atoms with Gasteiger partial charge in [-0.15, -0.1) is 0 Å². The van der Waals surface area contributed by atoms with Gasteiger partial charge >= 0.3 is 0 Å². The van der Waals surface area contributed by atoms with Crippen LogP contribution in [0.25, 0.3) is 0 Å². The SMILES string of the molecule is O=C(CN1CCC(CO)CC1)c1cnccn1. The van der Waals surface area contributed by atoms with Crippen molar-refractivity contribution in [1.29, 1.82) is 0 Å². The molecule has 1 aromatic rings. The van der Waals surface area contributed by atoms with E-state index < -0.39 is 0 Å². The molecule has 0 spiro atoms. The van der Waals surface area contributed by atoms with E-state index in [0.717, 1.165) is 25.9 Å². The van der Waals surface area contributed by atoms with Crippen molar-refractivity contribution >= 4 is 5.78 Å². The summed E-state index contributed by atoms with van der Waals surface area (Å²) in [6, 6.07) is 0. The third-order valence-electron chi connectivity index (χ3n) is 3.18. The molecule has 1 aliphatic rings. The van der Waals surface area contributed by atoms with E-state index in [1.165, 1.54) is 12.4 Å². The summed E-state index contributed by atoms with van der Waals surface area (Å²) in [5.41, 5.74) is 0.428. The molecule has 0 atom stereocenters. The zero-order valence-corrected chi connectivity index (χ0v) is 9.75. The maximum atomic E-state index is 11.9. The standard InChI is InChI=1S/C12H17N3O2/c16-9-10-1-5-15(6-2-10)8-12(17)11-7-13-3-4-14-11/h3-4,7,10,16H,1-2,5-6,8-9H2. The van der Waals surface area contributed by atoms with Crippen LogP contribution in [0.1, 0.15) is 23.3 Å². The van der Waals surface area contributed by atoms with Crippen molar-refractivity contribution < 1.29 is 9.90 Å². The molecule has 0 aliphatic carbocycles. The Morgan fingerprint density at radius 1 is 1.41 bits per heavy atom. The predicted molar refractivity (Wildman–Crippen MR) is 62.6 cm³/mol. The van der Waals surface area contributed by atoms with Crippen LogP contribution in [0.15, 0.2) is 18.6 Å². The number of nitrogens with zero attached hydrogens (tertiary/aromatic N) is 3. The molecule has 0 unspecified atom stereocenters. The number of piperidine rings is 1. The second-order valence-electron chi connectivity index (χ2n) is 4.42. The van der Waals surface area contributed by atoms with E-state index in [-0.39, 0.29) is 12.4 Å². The molecule has 1 aliphatic heterocycles. The van der Waals surface area contributed by atoms with Crippen molar-refractivity contribution in [3.05, 3.63) is 24.3 Å². The number of hydrogen-bond donors (Lipinski definition) is 1. The zero-order chi connectivity index (χ0) is 12.1. The first-order chi connectivity index (χ1) is 8.29. The lowest BCUT2D eigenvalue weighted by atomic mass is 9.98. The van der Waals surface area contributed by atoms with Crippen molar-refractivity contribution in [3.8, 4) is 0 Å². The summed E-state index contributed by atoms with van der Waals surface area (Å²) < 4.78 is 0.